The van der Waals surface area contributed by atoms with Crippen LogP contribution < -0.4 is 9.64 Å². The van der Waals surface area contributed by atoms with E-state index in [9.17, 15) is 9.59 Å². The van der Waals surface area contributed by atoms with E-state index in [2.05, 4.69) is 15.1 Å². The van der Waals surface area contributed by atoms with Crippen LogP contribution in [-0.4, -0.2) is 71.6 Å². The molecule has 1 aliphatic rings. The topological polar surface area (TPSA) is 92.0 Å². The summed E-state index contributed by atoms with van der Waals surface area (Å²) in [5, 5.41) is 8.82. The van der Waals surface area contributed by atoms with Gasteiger partial charge in [-0.1, -0.05) is 30.3 Å². The van der Waals surface area contributed by atoms with Gasteiger partial charge >= 0.3 is 0 Å². The Hall–Kier alpha value is -4.66. The molecular formula is C29H29N5O4. The van der Waals surface area contributed by atoms with Crippen molar-refractivity contribution in [2.45, 2.75) is 6.54 Å². The Morgan fingerprint density at radius 3 is 2.42 bits per heavy atom. The quantitative estimate of drug-likeness (QED) is 0.356. The highest BCUT2D eigenvalue weighted by atomic mass is 16.5. The molecule has 4 aromatic rings. The molecule has 2 aromatic carbocycles. The molecule has 0 spiro atoms. The van der Waals surface area contributed by atoms with E-state index in [4.69, 9.17) is 9.15 Å². The molecule has 2 amide bonds. The van der Waals surface area contributed by atoms with Crippen LogP contribution in [0.15, 0.2) is 89.5 Å². The van der Waals surface area contributed by atoms with Gasteiger partial charge in [-0.3, -0.25) is 9.59 Å². The Kier molecular flexibility index (Phi) is 7.63. The fourth-order valence-corrected chi connectivity index (χ4v) is 4.43. The zero-order valence-electron chi connectivity index (χ0n) is 21.2. The second-order valence-electron chi connectivity index (χ2n) is 8.98. The summed E-state index contributed by atoms with van der Waals surface area (Å²) in [4.78, 5) is 31.8. The molecule has 5 rings (SSSR count). The van der Waals surface area contributed by atoms with Crippen molar-refractivity contribution < 1.29 is 18.7 Å². The smallest absolute Gasteiger partial charge is 0.254 e. The number of hydrogen-bond acceptors (Lipinski definition) is 7. The van der Waals surface area contributed by atoms with Crippen LogP contribution in [0, 0.1) is 0 Å². The van der Waals surface area contributed by atoms with E-state index < -0.39 is 0 Å². The Morgan fingerprint density at radius 1 is 0.921 bits per heavy atom. The van der Waals surface area contributed by atoms with E-state index in [-0.39, 0.29) is 24.9 Å². The summed E-state index contributed by atoms with van der Waals surface area (Å²) in [6.07, 6.45) is 1.56. The highest BCUT2D eigenvalue weighted by Crippen LogP contribution is 2.23. The third-order valence-electron chi connectivity index (χ3n) is 6.53. The van der Waals surface area contributed by atoms with Gasteiger partial charge in [0, 0.05) is 37.3 Å². The molecule has 3 heterocycles. The number of methoxy groups -OCH3 is 1. The maximum absolute atomic E-state index is 13.2. The summed E-state index contributed by atoms with van der Waals surface area (Å²) in [5.74, 6) is 1.85. The number of rotatable bonds is 8. The number of aromatic nitrogens is 2. The Bertz CT molecular complexity index is 1350. The van der Waals surface area contributed by atoms with Crippen LogP contribution in [0.25, 0.3) is 11.3 Å². The van der Waals surface area contributed by atoms with E-state index in [1.54, 1.807) is 42.5 Å². The third-order valence-corrected chi connectivity index (χ3v) is 6.53. The first kappa shape index (κ1) is 25.0. The summed E-state index contributed by atoms with van der Waals surface area (Å²) >= 11 is 0. The first-order valence-electron chi connectivity index (χ1n) is 12.5. The maximum Gasteiger partial charge on any atom is 0.254 e. The molecule has 1 saturated heterocycles. The predicted octanol–water partition coefficient (Wildman–Crippen LogP) is 3.74. The molecule has 0 aliphatic carbocycles. The van der Waals surface area contributed by atoms with Crippen molar-refractivity contribution >= 4 is 17.6 Å². The van der Waals surface area contributed by atoms with Crippen molar-refractivity contribution in [3.8, 4) is 17.0 Å². The Labute approximate surface area is 221 Å². The first-order chi connectivity index (χ1) is 18.6. The minimum atomic E-state index is -0.208. The van der Waals surface area contributed by atoms with Gasteiger partial charge in [-0.15, -0.1) is 10.2 Å². The lowest BCUT2D eigenvalue weighted by Gasteiger charge is -2.36. The fourth-order valence-electron chi connectivity index (χ4n) is 4.43. The highest BCUT2D eigenvalue weighted by Gasteiger charge is 2.26. The van der Waals surface area contributed by atoms with E-state index in [1.165, 1.54) is 4.90 Å². The van der Waals surface area contributed by atoms with Crippen LogP contribution in [-0.2, 0) is 11.3 Å². The van der Waals surface area contributed by atoms with Gasteiger partial charge < -0.3 is 23.9 Å². The lowest BCUT2D eigenvalue weighted by atomic mass is 10.1. The molecule has 0 N–H and O–H groups in total. The second kappa shape index (κ2) is 11.6. The van der Waals surface area contributed by atoms with E-state index in [0.29, 0.717) is 37.5 Å². The highest BCUT2D eigenvalue weighted by molar-refractivity contribution is 5.96. The summed E-state index contributed by atoms with van der Waals surface area (Å²) in [5.41, 5.74) is 2.23. The van der Waals surface area contributed by atoms with Crippen LogP contribution in [0.2, 0.25) is 0 Å². The van der Waals surface area contributed by atoms with Crippen molar-refractivity contribution in [3.05, 3.63) is 96.4 Å². The molecule has 2 aromatic heterocycles. The maximum atomic E-state index is 13.2. The molecule has 38 heavy (non-hydrogen) atoms. The fraction of sp³-hybridized carbons (Fsp3) is 0.241. The zero-order valence-corrected chi connectivity index (χ0v) is 21.2. The SMILES string of the molecule is COc1cccc(-c2ccc(N3CCN(C(=O)CN(Cc4ccco4)C(=O)c4ccccc4)CC3)nn2)c1. The number of benzene rings is 2. The first-order valence-corrected chi connectivity index (χ1v) is 12.5. The van der Waals surface area contributed by atoms with Gasteiger partial charge in [-0.05, 0) is 48.5 Å². The van der Waals surface area contributed by atoms with Gasteiger partial charge in [-0.2, -0.15) is 0 Å². The molecule has 9 nitrogen and oxygen atoms in total. The standard InChI is InChI=1S/C29H29N5O4/c1-37-24-10-5-9-23(19-24)26-12-13-27(31-30-26)32-14-16-33(17-15-32)28(35)21-34(20-25-11-6-18-38-25)29(36)22-7-3-2-4-8-22/h2-13,18-19H,14-17,20-21H2,1H3. The second-order valence-corrected chi connectivity index (χ2v) is 8.98. The average molecular weight is 512 g/mol. The van der Waals surface area contributed by atoms with Gasteiger partial charge in [0.25, 0.3) is 5.91 Å². The van der Waals surface area contributed by atoms with Gasteiger partial charge in [0.15, 0.2) is 5.82 Å². The molecule has 0 atom stereocenters. The molecule has 1 fully saturated rings. The minimum Gasteiger partial charge on any atom is -0.497 e. The van der Waals surface area contributed by atoms with Crippen molar-refractivity contribution in [3.63, 3.8) is 0 Å². The summed E-state index contributed by atoms with van der Waals surface area (Å²) < 4.78 is 10.7. The number of ether oxygens (including phenoxy) is 1. The largest absolute Gasteiger partial charge is 0.497 e. The van der Waals surface area contributed by atoms with Gasteiger partial charge in [0.05, 0.1) is 25.6 Å². The number of carbonyl (C=O) groups excluding carboxylic acids is 2. The van der Waals surface area contributed by atoms with Crippen LogP contribution in [0.5, 0.6) is 5.75 Å². The summed E-state index contributed by atoms with van der Waals surface area (Å²) in [7, 11) is 1.63. The number of piperazine rings is 1. The number of hydrogen-bond donors (Lipinski definition) is 0. The number of anilines is 1. The Balaban J connectivity index is 1.20. The van der Waals surface area contributed by atoms with Gasteiger partial charge in [-0.25, -0.2) is 0 Å². The monoisotopic (exact) mass is 511 g/mol. The normalized spacial score (nSPS) is 13.3. The van der Waals surface area contributed by atoms with Crippen molar-refractivity contribution in [2.75, 3.05) is 44.7 Å². The summed E-state index contributed by atoms with van der Waals surface area (Å²) in [6, 6.07) is 24.1. The van der Waals surface area contributed by atoms with E-state index in [1.807, 2.05) is 54.6 Å². The molecule has 0 unspecified atom stereocenters. The lowest BCUT2D eigenvalue weighted by Crippen LogP contribution is -2.52. The van der Waals surface area contributed by atoms with E-state index in [0.717, 1.165) is 22.8 Å². The minimum absolute atomic E-state index is 0.0243. The van der Waals surface area contributed by atoms with Gasteiger partial charge in [0.1, 0.15) is 18.1 Å². The zero-order chi connectivity index (χ0) is 26.3. The van der Waals surface area contributed by atoms with Crippen molar-refractivity contribution in [1.29, 1.82) is 0 Å². The number of carbonyl (C=O) groups is 2. The average Bonchev–Trinajstić information content (AvgIpc) is 3.50. The van der Waals surface area contributed by atoms with Crippen molar-refractivity contribution in [2.24, 2.45) is 0 Å². The molecular weight excluding hydrogens is 482 g/mol. The molecule has 9 heteroatoms. The van der Waals surface area contributed by atoms with Crippen LogP contribution in [0.4, 0.5) is 5.82 Å². The van der Waals surface area contributed by atoms with Gasteiger partial charge in [0.2, 0.25) is 5.91 Å². The predicted molar refractivity (Wildman–Crippen MR) is 143 cm³/mol. The molecule has 0 bridgehead atoms. The van der Waals surface area contributed by atoms with Crippen LogP contribution in [0.3, 0.4) is 0 Å². The number of furan rings is 1. The Morgan fingerprint density at radius 2 is 1.74 bits per heavy atom. The number of amides is 2. The molecule has 0 radical (unpaired) electrons. The van der Waals surface area contributed by atoms with Crippen LogP contribution in [0.1, 0.15) is 16.1 Å². The summed E-state index contributed by atoms with van der Waals surface area (Å²) in [6.45, 7) is 2.52. The molecule has 0 saturated carbocycles. The third kappa shape index (κ3) is 5.83. The van der Waals surface area contributed by atoms with Crippen molar-refractivity contribution in [1.82, 2.24) is 20.0 Å². The molecule has 1 aliphatic heterocycles. The number of nitrogens with zero attached hydrogens (tertiary/aromatic N) is 5. The van der Waals surface area contributed by atoms with Crippen LogP contribution >= 0.6 is 0 Å². The molecule has 194 valence electrons. The lowest BCUT2D eigenvalue weighted by molar-refractivity contribution is -0.132. The van der Waals surface area contributed by atoms with E-state index >= 15 is 0 Å².